The minimum Gasteiger partial charge on any atom is -0.494 e. The van der Waals surface area contributed by atoms with Gasteiger partial charge in [-0.25, -0.2) is 14.8 Å². The van der Waals surface area contributed by atoms with Gasteiger partial charge in [0.15, 0.2) is 11.7 Å². The first-order valence-electron chi connectivity index (χ1n) is 11.4. The van der Waals surface area contributed by atoms with Crippen LogP contribution in [0.5, 0.6) is 11.6 Å². The van der Waals surface area contributed by atoms with Crippen molar-refractivity contribution in [3.05, 3.63) is 36.5 Å². The number of hydrogen-bond acceptors (Lipinski definition) is 6. The number of nitrogens with zero attached hydrogens (tertiary/aromatic N) is 5. The number of carbonyl (C=O) groups excluding carboxylic acids is 1. The number of fused-ring (bicyclic) bond motifs is 1. The predicted molar refractivity (Wildman–Crippen MR) is 124 cm³/mol. The normalized spacial score (nSPS) is 13.7. The first-order valence-corrected chi connectivity index (χ1v) is 11.4. The second-order valence-electron chi connectivity index (χ2n) is 8.21. The Morgan fingerprint density at radius 3 is 2.39 bits per heavy atom. The summed E-state index contributed by atoms with van der Waals surface area (Å²) in [7, 11) is 2.65. The van der Waals surface area contributed by atoms with Crippen LogP contribution < -0.4 is 14.8 Å². The summed E-state index contributed by atoms with van der Waals surface area (Å²) in [5.74, 6) is 0.192. The molecule has 2 atom stereocenters. The second-order valence-corrected chi connectivity index (χ2v) is 8.21. The molecule has 9 nitrogen and oxygen atoms in total. The van der Waals surface area contributed by atoms with E-state index in [9.17, 15) is 31.1 Å². The van der Waals surface area contributed by atoms with Crippen molar-refractivity contribution in [2.45, 2.75) is 51.1 Å². The van der Waals surface area contributed by atoms with Gasteiger partial charge in [-0.2, -0.15) is 26.3 Å². The molecule has 0 spiro atoms. The van der Waals surface area contributed by atoms with Crippen molar-refractivity contribution in [3.8, 4) is 22.9 Å². The van der Waals surface area contributed by atoms with E-state index in [0.717, 1.165) is 12.3 Å². The summed E-state index contributed by atoms with van der Waals surface area (Å²) in [5, 5.41) is 2.07. The topological polar surface area (TPSA) is 93.9 Å². The third-order valence-electron chi connectivity index (χ3n) is 5.72. The molecule has 0 saturated heterocycles. The molecule has 1 N–H and O–H groups in total. The molecule has 0 aliphatic heterocycles. The molecular weight excluding hydrogens is 522 g/mol. The maximum absolute atomic E-state index is 14.4. The largest absolute Gasteiger partial charge is 0.494 e. The first kappa shape index (κ1) is 28.8. The molecule has 2 amide bonds. The number of rotatable bonds is 9. The van der Waals surface area contributed by atoms with Crippen LogP contribution in [-0.2, 0) is 0 Å². The van der Waals surface area contributed by atoms with Crippen molar-refractivity contribution in [2.24, 2.45) is 0 Å². The van der Waals surface area contributed by atoms with Crippen LogP contribution in [0.1, 0.15) is 38.4 Å². The second kappa shape index (κ2) is 11.3. The van der Waals surface area contributed by atoms with Gasteiger partial charge in [0.2, 0.25) is 0 Å². The summed E-state index contributed by atoms with van der Waals surface area (Å²) in [5.41, 5.74) is 0.0645. The lowest BCUT2D eigenvalue weighted by Crippen LogP contribution is -2.50. The zero-order valence-corrected chi connectivity index (χ0v) is 20.9. The molecule has 0 radical (unpaired) electrons. The van der Waals surface area contributed by atoms with Crippen LogP contribution in [0, 0.1) is 0 Å². The number of ether oxygens (including phenoxy) is 2. The third-order valence-corrected chi connectivity index (χ3v) is 5.72. The quantitative estimate of drug-likeness (QED) is 0.371. The molecule has 15 heteroatoms. The summed E-state index contributed by atoms with van der Waals surface area (Å²) in [6.07, 6.45) is -5.50. The molecule has 3 aromatic heterocycles. The zero-order valence-electron chi connectivity index (χ0n) is 20.9. The molecule has 38 heavy (non-hydrogen) atoms. The van der Waals surface area contributed by atoms with E-state index >= 15 is 0 Å². The monoisotopic (exact) mass is 548 g/mol. The fraction of sp³-hybridized carbons (Fsp3) is 0.478. The number of imidazole rings is 1. The number of aromatic nitrogens is 4. The molecule has 0 saturated carbocycles. The van der Waals surface area contributed by atoms with E-state index in [1.165, 1.54) is 40.5 Å². The summed E-state index contributed by atoms with van der Waals surface area (Å²) >= 11 is 0. The van der Waals surface area contributed by atoms with Gasteiger partial charge in [0, 0.05) is 36.7 Å². The zero-order chi connectivity index (χ0) is 28.3. The smallest absolute Gasteiger partial charge is 0.414 e. The van der Waals surface area contributed by atoms with Gasteiger partial charge < -0.3 is 24.1 Å². The highest BCUT2D eigenvalue weighted by atomic mass is 19.4. The Bertz CT molecular complexity index is 1260. The van der Waals surface area contributed by atoms with Crippen LogP contribution in [0.25, 0.3) is 16.9 Å². The van der Waals surface area contributed by atoms with Gasteiger partial charge in [-0.3, -0.25) is 4.98 Å². The SMILES string of the molecule is CC[C@H](CC(F)(F)F)NC(=O)N(CC)C(c1cc(-c2cn3ccnc3c(OC)n2)c(OC)cn1)C(F)(F)F. The predicted octanol–water partition coefficient (Wildman–Crippen LogP) is 5.17. The Kier molecular flexibility index (Phi) is 8.57. The lowest BCUT2D eigenvalue weighted by molar-refractivity contribution is -0.179. The summed E-state index contributed by atoms with van der Waals surface area (Å²) in [6, 6.07) is -4.20. The van der Waals surface area contributed by atoms with E-state index in [2.05, 4.69) is 20.3 Å². The molecule has 0 aliphatic rings. The van der Waals surface area contributed by atoms with E-state index in [-0.39, 0.29) is 29.3 Å². The van der Waals surface area contributed by atoms with E-state index < -0.39 is 49.1 Å². The Balaban J connectivity index is 2.08. The first-order chi connectivity index (χ1) is 17.8. The number of hydrogen-bond donors (Lipinski definition) is 1. The standard InChI is InChI=1S/C23H26F6N6O3/c1-5-13(10-22(24,25)26)32-21(36)35(6-2)18(23(27,28)29)15-9-14(17(37-3)11-31-15)16-12-34-8-7-30-19(34)20(33-16)38-4/h7-9,11-13,18H,5-6,10H2,1-4H3,(H,32,36)/t13-,18?/m1/s1. The number of nitrogens with one attached hydrogen (secondary N) is 1. The number of pyridine rings is 1. The van der Waals surface area contributed by atoms with Crippen molar-refractivity contribution >= 4 is 11.7 Å². The highest BCUT2D eigenvalue weighted by Gasteiger charge is 2.48. The molecule has 0 bridgehead atoms. The third kappa shape index (κ3) is 6.37. The fourth-order valence-electron chi connectivity index (χ4n) is 3.92. The summed E-state index contributed by atoms with van der Waals surface area (Å²) < 4.78 is 93.8. The number of methoxy groups -OCH3 is 2. The Morgan fingerprint density at radius 1 is 1.13 bits per heavy atom. The summed E-state index contributed by atoms with van der Waals surface area (Å²) in [6.45, 7) is 2.21. The van der Waals surface area contributed by atoms with Crippen LogP contribution in [0.2, 0.25) is 0 Å². The molecule has 3 heterocycles. The Labute approximate surface area is 213 Å². The molecule has 3 aromatic rings. The lowest BCUT2D eigenvalue weighted by atomic mass is 10.1. The van der Waals surface area contributed by atoms with Crippen LogP contribution >= 0.6 is 0 Å². The lowest BCUT2D eigenvalue weighted by Gasteiger charge is -2.33. The van der Waals surface area contributed by atoms with E-state index in [0.29, 0.717) is 10.5 Å². The van der Waals surface area contributed by atoms with E-state index in [1.54, 1.807) is 10.6 Å². The fourth-order valence-corrected chi connectivity index (χ4v) is 3.92. The van der Waals surface area contributed by atoms with Crippen molar-refractivity contribution in [1.29, 1.82) is 0 Å². The van der Waals surface area contributed by atoms with Gasteiger partial charge in [0.1, 0.15) is 5.75 Å². The molecular formula is C23H26F6N6O3. The van der Waals surface area contributed by atoms with Gasteiger partial charge in [-0.1, -0.05) is 6.92 Å². The molecule has 1 unspecified atom stereocenters. The van der Waals surface area contributed by atoms with Crippen LogP contribution in [0.4, 0.5) is 31.1 Å². The molecule has 208 valence electrons. The number of alkyl halides is 6. The van der Waals surface area contributed by atoms with Gasteiger partial charge in [0.05, 0.1) is 38.2 Å². The minimum atomic E-state index is -5.02. The average molecular weight is 548 g/mol. The Morgan fingerprint density at radius 2 is 1.84 bits per heavy atom. The van der Waals surface area contributed by atoms with Crippen LogP contribution in [-0.4, -0.2) is 69.4 Å². The van der Waals surface area contributed by atoms with Crippen molar-refractivity contribution < 1.29 is 40.6 Å². The highest BCUT2D eigenvalue weighted by molar-refractivity contribution is 5.75. The van der Waals surface area contributed by atoms with E-state index in [4.69, 9.17) is 9.47 Å². The molecule has 0 aliphatic carbocycles. The molecule has 0 fully saturated rings. The Hall–Kier alpha value is -3.78. The maximum Gasteiger partial charge on any atom is 0.414 e. The number of carbonyl (C=O) groups is 1. The van der Waals surface area contributed by atoms with Gasteiger partial charge >= 0.3 is 18.4 Å². The van der Waals surface area contributed by atoms with Crippen LogP contribution in [0.3, 0.4) is 0 Å². The minimum absolute atomic E-state index is 0.0902. The number of urea groups is 1. The van der Waals surface area contributed by atoms with Gasteiger partial charge in [-0.15, -0.1) is 0 Å². The van der Waals surface area contributed by atoms with Crippen molar-refractivity contribution in [2.75, 3.05) is 20.8 Å². The summed E-state index contributed by atoms with van der Waals surface area (Å²) in [4.78, 5) is 25.5. The van der Waals surface area contributed by atoms with Gasteiger partial charge in [0.25, 0.3) is 5.88 Å². The van der Waals surface area contributed by atoms with Crippen LogP contribution in [0.15, 0.2) is 30.9 Å². The van der Waals surface area contributed by atoms with Crippen molar-refractivity contribution in [1.82, 2.24) is 29.6 Å². The molecule has 3 rings (SSSR count). The average Bonchev–Trinajstić information content (AvgIpc) is 3.33. The number of halogens is 6. The highest BCUT2D eigenvalue weighted by Crippen LogP contribution is 2.40. The molecule has 0 aromatic carbocycles. The van der Waals surface area contributed by atoms with Gasteiger partial charge in [-0.05, 0) is 19.4 Å². The van der Waals surface area contributed by atoms with Crippen molar-refractivity contribution in [3.63, 3.8) is 0 Å². The number of amides is 2. The maximum atomic E-state index is 14.4. The van der Waals surface area contributed by atoms with E-state index in [1.807, 2.05) is 0 Å².